The SMILES string of the molecule is CC(N)CC(=O)Cc1ccccc1F. The zero-order valence-corrected chi connectivity index (χ0v) is 8.16. The van der Waals surface area contributed by atoms with Gasteiger partial charge >= 0.3 is 0 Å². The van der Waals surface area contributed by atoms with Crippen LogP contribution in [0, 0.1) is 5.82 Å². The molecular formula is C11H14FNO. The summed E-state index contributed by atoms with van der Waals surface area (Å²) < 4.78 is 13.1. The first-order valence-electron chi connectivity index (χ1n) is 4.60. The first-order chi connectivity index (χ1) is 6.59. The molecule has 0 radical (unpaired) electrons. The van der Waals surface area contributed by atoms with Crippen molar-refractivity contribution in [2.45, 2.75) is 25.8 Å². The van der Waals surface area contributed by atoms with E-state index in [0.717, 1.165) is 0 Å². The fraction of sp³-hybridized carbons (Fsp3) is 0.364. The van der Waals surface area contributed by atoms with Crippen molar-refractivity contribution >= 4 is 5.78 Å². The van der Waals surface area contributed by atoms with Crippen molar-refractivity contribution in [2.75, 3.05) is 0 Å². The maximum atomic E-state index is 13.1. The lowest BCUT2D eigenvalue weighted by Crippen LogP contribution is -2.20. The largest absolute Gasteiger partial charge is 0.328 e. The molecule has 0 heterocycles. The van der Waals surface area contributed by atoms with Gasteiger partial charge in [-0.3, -0.25) is 4.79 Å². The second kappa shape index (κ2) is 4.86. The van der Waals surface area contributed by atoms with Crippen LogP contribution in [0.25, 0.3) is 0 Å². The first kappa shape index (κ1) is 10.9. The van der Waals surface area contributed by atoms with Gasteiger partial charge in [-0.1, -0.05) is 18.2 Å². The van der Waals surface area contributed by atoms with Gasteiger partial charge in [0, 0.05) is 18.9 Å². The normalized spacial score (nSPS) is 12.5. The number of hydrogen-bond acceptors (Lipinski definition) is 2. The van der Waals surface area contributed by atoms with Crippen molar-refractivity contribution in [3.8, 4) is 0 Å². The summed E-state index contributed by atoms with van der Waals surface area (Å²) in [6.07, 6.45) is 0.433. The number of benzene rings is 1. The second-order valence-corrected chi connectivity index (χ2v) is 3.49. The zero-order valence-electron chi connectivity index (χ0n) is 8.16. The van der Waals surface area contributed by atoms with E-state index in [4.69, 9.17) is 5.73 Å². The summed E-state index contributed by atoms with van der Waals surface area (Å²) in [6, 6.07) is 6.14. The maximum Gasteiger partial charge on any atom is 0.138 e. The third kappa shape index (κ3) is 3.26. The Labute approximate surface area is 82.9 Å². The van der Waals surface area contributed by atoms with E-state index in [9.17, 15) is 9.18 Å². The average Bonchev–Trinajstić information content (AvgIpc) is 2.07. The molecule has 0 bridgehead atoms. The lowest BCUT2D eigenvalue weighted by Gasteiger charge is -2.04. The molecule has 0 saturated heterocycles. The van der Waals surface area contributed by atoms with Crippen LogP contribution in [-0.4, -0.2) is 11.8 Å². The Hall–Kier alpha value is -1.22. The fourth-order valence-electron chi connectivity index (χ4n) is 1.29. The molecule has 0 amide bonds. The Bertz CT molecular complexity index is 323. The van der Waals surface area contributed by atoms with Gasteiger partial charge in [-0.25, -0.2) is 4.39 Å². The summed E-state index contributed by atoms with van der Waals surface area (Å²) >= 11 is 0. The molecule has 14 heavy (non-hydrogen) atoms. The molecular weight excluding hydrogens is 181 g/mol. The highest BCUT2D eigenvalue weighted by Gasteiger charge is 2.09. The Kier molecular flexibility index (Phi) is 3.77. The molecule has 1 unspecified atom stereocenters. The number of hydrogen-bond donors (Lipinski definition) is 1. The van der Waals surface area contributed by atoms with Crippen molar-refractivity contribution < 1.29 is 9.18 Å². The molecule has 0 aliphatic heterocycles. The summed E-state index contributed by atoms with van der Waals surface area (Å²) in [5, 5.41) is 0. The number of halogens is 1. The second-order valence-electron chi connectivity index (χ2n) is 3.49. The van der Waals surface area contributed by atoms with E-state index in [-0.39, 0.29) is 24.1 Å². The predicted octanol–water partition coefficient (Wildman–Crippen LogP) is 1.67. The topological polar surface area (TPSA) is 43.1 Å². The van der Waals surface area contributed by atoms with Crippen LogP contribution in [-0.2, 0) is 11.2 Å². The number of Topliss-reactive ketones (excluding diaryl/α,β-unsaturated/α-hetero) is 1. The smallest absolute Gasteiger partial charge is 0.138 e. The van der Waals surface area contributed by atoms with Gasteiger partial charge in [0.25, 0.3) is 0 Å². The van der Waals surface area contributed by atoms with Gasteiger partial charge in [0.1, 0.15) is 11.6 Å². The van der Waals surface area contributed by atoms with Gasteiger partial charge in [-0.15, -0.1) is 0 Å². The molecule has 3 heteroatoms. The molecule has 2 nitrogen and oxygen atoms in total. The average molecular weight is 195 g/mol. The molecule has 2 N–H and O–H groups in total. The minimum Gasteiger partial charge on any atom is -0.328 e. The van der Waals surface area contributed by atoms with Gasteiger partial charge in [0.15, 0.2) is 0 Å². The van der Waals surface area contributed by atoms with Crippen molar-refractivity contribution in [3.05, 3.63) is 35.6 Å². The molecule has 1 rings (SSSR count). The molecule has 1 aromatic rings. The van der Waals surface area contributed by atoms with Gasteiger partial charge in [-0.2, -0.15) is 0 Å². The summed E-state index contributed by atoms with van der Waals surface area (Å²) in [6.45, 7) is 1.76. The molecule has 0 aromatic heterocycles. The quantitative estimate of drug-likeness (QED) is 0.794. The van der Waals surface area contributed by atoms with E-state index < -0.39 is 0 Å². The lowest BCUT2D eigenvalue weighted by atomic mass is 10.0. The Morgan fingerprint density at radius 3 is 2.71 bits per heavy atom. The van der Waals surface area contributed by atoms with E-state index in [1.807, 2.05) is 0 Å². The summed E-state index contributed by atoms with van der Waals surface area (Å²) in [7, 11) is 0. The molecule has 0 saturated carbocycles. The van der Waals surface area contributed by atoms with E-state index in [1.165, 1.54) is 6.07 Å². The summed E-state index contributed by atoms with van der Waals surface area (Å²) in [5.41, 5.74) is 5.91. The van der Waals surface area contributed by atoms with E-state index in [0.29, 0.717) is 12.0 Å². The third-order valence-corrected chi connectivity index (χ3v) is 1.90. The molecule has 0 spiro atoms. The number of carbonyl (C=O) groups excluding carboxylic acids is 1. The molecule has 1 aromatic carbocycles. The minimum absolute atomic E-state index is 0.0231. The van der Waals surface area contributed by atoms with Crippen LogP contribution in [0.4, 0.5) is 4.39 Å². The van der Waals surface area contributed by atoms with Crippen molar-refractivity contribution in [2.24, 2.45) is 5.73 Å². The minimum atomic E-state index is -0.328. The van der Waals surface area contributed by atoms with E-state index in [1.54, 1.807) is 25.1 Å². The molecule has 76 valence electrons. The maximum absolute atomic E-state index is 13.1. The van der Waals surface area contributed by atoms with Gasteiger partial charge in [0.05, 0.1) is 0 Å². The number of ketones is 1. The Balaban J connectivity index is 2.61. The van der Waals surface area contributed by atoms with Crippen molar-refractivity contribution in [1.29, 1.82) is 0 Å². The highest BCUT2D eigenvalue weighted by Crippen LogP contribution is 2.08. The van der Waals surface area contributed by atoms with E-state index in [2.05, 4.69) is 0 Å². The predicted molar refractivity (Wildman–Crippen MR) is 53.4 cm³/mol. The van der Waals surface area contributed by atoms with E-state index >= 15 is 0 Å². The monoisotopic (exact) mass is 195 g/mol. The number of carbonyl (C=O) groups is 1. The molecule has 1 atom stereocenters. The third-order valence-electron chi connectivity index (χ3n) is 1.90. The standard InChI is InChI=1S/C11H14FNO/c1-8(13)6-10(14)7-9-4-2-3-5-11(9)12/h2-5,8H,6-7,13H2,1H3. The first-order valence-corrected chi connectivity index (χ1v) is 4.60. The molecule has 0 aliphatic carbocycles. The van der Waals surface area contributed by atoms with Crippen LogP contribution >= 0.6 is 0 Å². The van der Waals surface area contributed by atoms with Crippen LogP contribution in [0.15, 0.2) is 24.3 Å². The highest BCUT2D eigenvalue weighted by atomic mass is 19.1. The summed E-state index contributed by atoms with van der Waals surface area (Å²) in [4.78, 5) is 11.3. The fourth-order valence-corrected chi connectivity index (χ4v) is 1.29. The number of nitrogens with two attached hydrogens (primary N) is 1. The van der Waals surface area contributed by atoms with Crippen LogP contribution in [0.5, 0.6) is 0 Å². The Morgan fingerprint density at radius 2 is 2.14 bits per heavy atom. The number of rotatable bonds is 4. The highest BCUT2D eigenvalue weighted by molar-refractivity contribution is 5.81. The van der Waals surface area contributed by atoms with Crippen LogP contribution in [0.2, 0.25) is 0 Å². The summed E-state index contributed by atoms with van der Waals surface area (Å²) in [5.74, 6) is -0.351. The van der Waals surface area contributed by atoms with Gasteiger partial charge in [0.2, 0.25) is 0 Å². The van der Waals surface area contributed by atoms with Crippen LogP contribution in [0.1, 0.15) is 18.9 Å². The molecule has 0 fully saturated rings. The lowest BCUT2D eigenvalue weighted by molar-refractivity contribution is -0.118. The van der Waals surface area contributed by atoms with Crippen molar-refractivity contribution in [3.63, 3.8) is 0 Å². The van der Waals surface area contributed by atoms with Crippen LogP contribution in [0.3, 0.4) is 0 Å². The molecule has 0 aliphatic rings. The van der Waals surface area contributed by atoms with Crippen LogP contribution < -0.4 is 5.73 Å². The zero-order chi connectivity index (χ0) is 10.6. The Morgan fingerprint density at radius 1 is 1.50 bits per heavy atom. The van der Waals surface area contributed by atoms with Gasteiger partial charge in [-0.05, 0) is 18.6 Å². The van der Waals surface area contributed by atoms with Gasteiger partial charge < -0.3 is 5.73 Å². The van der Waals surface area contributed by atoms with Crippen molar-refractivity contribution in [1.82, 2.24) is 0 Å².